The van der Waals surface area contributed by atoms with Crippen LogP contribution in [0, 0.1) is 23.7 Å². The first-order valence-electron chi connectivity index (χ1n) is 19.4. The SMILES string of the molecule is C=CCc1cccc(C2C3=CCC4C(=O)N(c5ccc(C(=O)c6ccccc6)cc5)C(=O)C4C3CC3C(=O)C(c4ccccc4)=CC(=O)C32c2ccccc2)c1O. The topological polar surface area (TPSA) is 109 Å². The zero-order valence-electron chi connectivity index (χ0n) is 31.1. The lowest BCUT2D eigenvalue weighted by molar-refractivity contribution is -0.135. The second-order valence-electron chi connectivity index (χ2n) is 15.4. The first kappa shape index (κ1) is 35.9. The molecule has 0 spiro atoms. The summed E-state index contributed by atoms with van der Waals surface area (Å²) >= 11 is 0. The van der Waals surface area contributed by atoms with Crippen molar-refractivity contribution in [1.82, 2.24) is 0 Å². The maximum atomic E-state index is 15.3. The summed E-state index contributed by atoms with van der Waals surface area (Å²) in [6, 6.07) is 39.4. The van der Waals surface area contributed by atoms with Crippen molar-refractivity contribution < 1.29 is 29.1 Å². The van der Waals surface area contributed by atoms with Crippen molar-refractivity contribution in [2.24, 2.45) is 23.7 Å². The van der Waals surface area contributed by atoms with Crippen molar-refractivity contribution in [3.8, 4) is 5.75 Å². The first-order valence-corrected chi connectivity index (χ1v) is 19.4. The second kappa shape index (κ2) is 14.1. The van der Waals surface area contributed by atoms with Gasteiger partial charge >= 0.3 is 0 Å². The number of hydrogen-bond donors (Lipinski definition) is 1. The number of benzene rings is 5. The van der Waals surface area contributed by atoms with Crippen molar-refractivity contribution in [2.45, 2.75) is 30.6 Å². The number of rotatable bonds is 8. The summed E-state index contributed by atoms with van der Waals surface area (Å²) in [5, 5.41) is 12.1. The maximum Gasteiger partial charge on any atom is 0.238 e. The summed E-state index contributed by atoms with van der Waals surface area (Å²) in [6.45, 7) is 3.88. The molecular formula is C50H39NO6. The molecule has 9 rings (SSSR count). The van der Waals surface area contributed by atoms with E-state index in [1.807, 2.05) is 91.0 Å². The minimum Gasteiger partial charge on any atom is -0.507 e. The zero-order chi connectivity index (χ0) is 39.4. The fourth-order valence-electron chi connectivity index (χ4n) is 10.2. The van der Waals surface area contributed by atoms with Crippen LogP contribution in [0.3, 0.4) is 0 Å². The van der Waals surface area contributed by atoms with Gasteiger partial charge in [-0.05, 0) is 72.2 Å². The molecule has 7 heteroatoms. The minimum atomic E-state index is -1.46. The Kier molecular flexibility index (Phi) is 8.88. The standard InChI is InChI=1S/C50H39NO6/c1-2-13-31-18-12-21-38(46(31)54)44-36-26-27-37-43(49(57)51(48(37)56)35-24-22-33(23-25-35)45(53)32-16-8-4-9-17-32)40(36)28-41-47(55)39(30-14-6-3-7-15-30)29-42(52)50(41,44)34-19-10-5-11-20-34/h2-12,14-26,29,37,40-41,43-44,54H,1,13,27-28H2. The van der Waals surface area contributed by atoms with Crippen LogP contribution < -0.4 is 4.90 Å². The molecule has 1 heterocycles. The van der Waals surface area contributed by atoms with Gasteiger partial charge in [-0.1, -0.05) is 127 Å². The molecule has 6 atom stereocenters. The van der Waals surface area contributed by atoms with E-state index in [0.29, 0.717) is 51.1 Å². The number of fused-ring (bicyclic) bond motifs is 4. The van der Waals surface area contributed by atoms with Gasteiger partial charge in [0.15, 0.2) is 17.3 Å². The number of carbonyl (C=O) groups is 5. The summed E-state index contributed by atoms with van der Waals surface area (Å²) in [7, 11) is 0. The molecule has 1 aliphatic heterocycles. The van der Waals surface area contributed by atoms with Gasteiger partial charge in [-0.2, -0.15) is 0 Å². The summed E-state index contributed by atoms with van der Waals surface area (Å²) < 4.78 is 0. The molecule has 2 amide bonds. The lowest BCUT2D eigenvalue weighted by atomic mass is 9.44. The molecule has 0 bridgehead atoms. The van der Waals surface area contributed by atoms with Crippen molar-refractivity contribution in [2.75, 3.05) is 4.90 Å². The highest BCUT2D eigenvalue weighted by atomic mass is 16.3. The Morgan fingerprint density at radius 2 is 1.40 bits per heavy atom. The third-order valence-corrected chi connectivity index (χ3v) is 12.6. The minimum absolute atomic E-state index is 0.0128. The Balaban J connectivity index is 1.19. The second-order valence-corrected chi connectivity index (χ2v) is 15.4. The van der Waals surface area contributed by atoms with Crippen molar-refractivity contribution >= 4 is 40.4 Å². The Hall–Kier alpha value is -6.73. The van der Waals surface area contributed by atoms with Gasteiger partial charge in [-0.15, -0.1) is 6.58 Å². The predicted octanol–water partition coefficient (Wildman–Crippen LogP) is 8.38. The summed E-state index contributed by atoms with van der Waals surface area (Å²) in [6.07, 6.45) is 5.94. The van der Waals surface area contributed by atoms with Crippen LogP contribution in [-0.4, -0.2) is 34.3 Å². The van der Waals surface area contributed by atoms with E-state index in [4.69, 9.17) is 0 Å². The lowest BCUT2D eigenvalue weighted by Crippen LogP contribution is -2.58. The van der Waals surface area contributed by atoms with Crippen LogP contribution in [-0.2, 0) is 31.0 Å². The Morgan fingerprint density at radius 1 is 0.754 bits per heavy atom. The Bertz CT molecular complexity index is 2540. The highest BCUT2D eigenvalue weighted by Crippen LogP contribution is 2.64. The number of carbonyl (C=O) groups excluding carboxylic acids is 5. The Labute approximate surface area is 330 Å². The van der Waals surface area contributed by atoms with Crippen molar-refractivity contribution in [3.05, 3.63) is 197 Å². The molecular weight excluding hydrogens is 711 g/mol. The maximum absolute atomic E-state index is 15.3. The molecule has 1 N–H and O–H groups in total. The molecule has 4 aliphatic rings. The van der Waals surface area contributed by atoms with Crippen molar-refractivity contribution in [1.29, 1.82) is 0 Å². The molecule has 2 fully saturated rings. The highest BCUT2D eigenvalue weighted by molar-refractivity contribution is 6.32. The van der Waals surface area contributed by atoms with Gasteiger partial charge < -0.3 is 5.11 Å². The van der Waals surface area contributed by atoms with Crippen LogP contribution in [0.25, 0.3) is 5.57 Å². The molecule has 5 aromatic carbocycles. The van der Waals surface area contributed by atoms with Gasteiger partial charge in [0, 0.05) is 34.1 Å². The first-order chi connectivity index (χ1) is 27.7. The van der Waals surface area contributed by atoms with Crippen LogP contribution in [0.2, 0.25) is 0 Å². The third kappa shape index (κ3) is 5.52. The van der Waals surface area contributed by atoms with E-state index >= 15 is 9.59 Å². The molecule has 1 saturated heterocycles. The molecule has 0 aromatic heterocycles. The number of phenols is 1. The van der Waals surface area contributed by atoms with Gasteiger partial charge in [0.25, 0.3) is 0 Å². The van der Waals surface area contributed by atoms with Crippen LogP contribution in [0.1, 0.15) is 56.9 Å². The van der Waals surface area contributed by atoms with Gasteiger partial charge in [0.05, 0.1) is 22.9 Å². The molecule has 280 valence electrons. The van der Waals surface area contributed by atoms with Gasteiger partial charge in [-0.3, -0.25) is 28.9 Å². The molecule has 7 nitrogen and oxygen atoms in total. The lowest BCUT2D eigenvalue weighted by Gasteiger charge is -2.55. The molecule has 5 aromatic rings. The number of hydrogen-bond acceptors (Lipinski definition) is 6. The number of ketones is 3. The number of anilines is 1. The smallest absolute Gasteiger partial charge is 0.238 e. The number of allylic oxidation sites excluding steroid dienone is 5. The number of phenolic OH excluding ortho intramolecular Hbond substituents is 1. The van der Waals surface area contributed by atoms with Crippen LogP contribution >= 0.6 is 0 Å². The fraction of sp³-hybridized carbons (Fsp3) is 0.180. The summed E-state index contributed by atoms with van der Waals surface area (Å²) in [5.41, 5.74) is 3.34. The van der Waals surface area contributed by atoms with Crippen LogP contribution in [0.15, 0.2) is 164 Å². The third-order valence-electron chi connectivity index (χ3n) is 12.6. The Morgan fingerprint density at radius 3 is 2.09 bits per heavy atom. The molecule has 6 unspecified atom stereocenters. The van der Waals surface area contributed by atoms with Crippen LogP contribution in [0.5, 0.6) is 5.75 Å². The van der Waals surface area contributed by atoms with E-state index in [9.17, 15) is 19.5 Å². The fourth-order valence-corrected chi connectivity index (χ4v) is 10.2. The monoisotopic (exact) mass is 749 g/mol. The number of para-hydroxylation sites is 1. The number of nitrogens with zero attached hydrogens (tertiary/aromatic N) is 1. The van der Waals surface area contributed by atoms with Crippen molar-refractivity contribution in [3.63, 3.8) is 0 Å². The van der Waals surface area contributed by atoms with E-state index in [1.165, 1.54) is 11.0 Å². The number of imide groups is 1. The van der Waals surface area contributed by atoms with Crippen LogP contribution in [0.4, 0.5) is 5.69 Å². The molecule has 0 radical (unpaired) electrons. The van der Waals surface area contributed by atoms with E-state index in [1.54, 1.807) is 54.6 Å². The normalized spacial score (nSPS) is 25.2. The predicted molar refractivity (Wildman–Crippen MR) is 217 cm³/mol. The van der Waals surface area contributed by atoms with Gasteiger partial charge in [0.1, 0.15) is 5.75 Å². The number of aromatic hydroxyl groups is 1. The number of Topliss-reactive ketones (excluding diaryl/α,β-unsaturated/α-hetero) is 1. The summed E-state index contributed by atoms with van der Waals surface area (Å²) in [4.78, 5) is 74.1. The van der Waals surface area contributed by atoms with E-state index < -0.39 is 35.0 Å². The van der Waals surface area contributed by atoms with E-state index in [2.05, 4.69) is 6.58 Å². The van der Waals surface area contributed by atoms with Gasteiger partial charge in [0.2, 0.25) is 11.8 Å². The number of amides is 2. The molecule has 1 saturated carbocycles. The quantitative estimate of drug-likeness (QED) is 0.0971. The average molecular weight is 750 g/mol. The molecule has 3 aliphatic carbocycles. The van der Waals surface area contributed by atoms with E-state index in [0.717, 1.165) is 5.57 Å². The van der Waals surface area contributed by atoms with E-state index in [-0.39, 0.29) is 47.8 Å². The zero-order valence-corrected chi connectivity index (χ0v) is 31.1. The van der Waals surface area contributed by atoms with Gasteiger partial charge in [-0.25, -0.2) is 0 Å². The largest absolute Gasteiger partial charge is 0.507 e. The summed E-state index contributed by atoms with van der Waals surface area (Å²) in [5.74, 6) is -5.22. The average Bonchev–Trinajstić information content (AvgIpc) is 3.51. The highest BCUT2D eigenvalue weighted by Gasteiger charge is 2.66. The molecule has 57 heavy (non-hydrogen) atoms.